The van der Waals surface area contributed by atoms with Crippen LogP contribution in [0.15, 0.2) is 28.7 Å². The van der Waals surface area contributed by atoms with Crippen molar-refractivity contribution in [3.63, 3.8) is 0 Å². The van der Waals surface area contributed by atoms with Crippen LogP contribution in [-0.4, -0.2) is 25.9 Å². The quantitative estimate of drug-likeness (QED) is 0.675. The number of esters is 1. The molecule has 1 aromatic carbocycles. The molecule has 0 amide bonds. The largest absolute Gasteiger partial charge is 0.452 e. The molecule has 0 saturated carbocycles. The second-order valence-corrected chi connectivity index (χ2v) is 5.61. The molecule has 0 aliphatic heterocycles. The maximum Gasteiger partial charge on any atom is 0.338 e. The molecule has 0 atom stereocenters. The summed E-state index contributed by atoms with van der Waals surface area (Å²) >= 11 is 6.15. The molecule has 0 spiro atoms. The fourth-order valence-corrected chi connectivity index (χ4v) is 2.34. The molecule has 3 aromatic rings. The van der Waals surface area contributed by atoms with Crippen LogP contribution in [0.5, 0.6) is 0 Å². The van der Waals surface area contributed by atoms with E-state index in [1.807, 2.05) is 13.8 Å². The van der Waals surface area contributed by atoms with Crippen molar-refractivity contribution in [1.82, 2.24) is 20.0 Å². The summed E-state index contributed by atoms with van der Waals surface area (Å²) in [6.45, 7) is 5.34. The van der Waals surface area contributed by atoms with Crippen molar-refractivity contribution < 1.29 is 13.9 Å². The minimum Gasteiger partial charge on any atom is -0.452 e. The van der Waals surface area contributed by atoms with Gasteiger partial charge in [-0.3, -0.25) is 0 Å². The monoisotopic (exact) mass is 346 g/mol. The van der Waals surface area contributed by atoms with Gasteiger partial charge in [0.15, 0.2) is 6.61 Å². The van der Waals surface area contributed by atoms with Crippen LogP contribution in [0, 0.1) is 20.8 Å². The molecule has 0 aliphatic rings. The Bertz CT molecular complexity index is 883. The lowest BCUT2D eigenvalue weighted by Crippen LogP contribution is -2.06. The normalized spacial score (nSPS) is 10.8. The Morgan fingerprint density at radius 2 is 1.92 bits per heavy atom. The van der Waals surface area contributed by atoms with Crippen LogP contribution in [0.4, 0.5) is 0 Å². The first-order valence-corrected chi connectivity index (χ1v) is 7.62. The van der Waals surface area contributed by atoms with Crippen molar-refractivity contribution in [2.75, 3.05) is 0 Å². The highest BCUT2D eigenvalue weighted by molar-refractivity contribution is 6.31. The number of nitrogens with zero attached hydrogens (tertiary/aromatic N) is 4. The Kier molecular flexibility index (Phi) is 4.35. The number of rotatable bonds is 4. The van der Waals surface area contributed by atoms with E-state index in [4.69, 9.17) is 20.8 Å². The van der Waals surface area contributed by atoms with E-state index in [-0.39, 0.29) is 12.5 Å². The number of halogens is 1. The molecule has 8 heteroatoms. The molecule has 2 heterocycles. The zero-order chi connectivity index (χ0) is 17.3. The number of aromatic nitrogens is 4. The van der Waals surface area contributed by atoms with Gasteiger partial charge in [0.2, 0.25) is 5.89 Å². The van der Waals surface area contributed by atoms with Crippen LogP contribution in [0.1, 0.15) is 33.5 Å². The Balaban J connectivity index is 1.71. The highest BCUT2D eigenvalue weighted by Gasteiger charge is 2.13. The molecule has 0 saturated heterocycles. The van der Waals surface area contributed by atoms with Crippen LogP contribution in [0.2, 0.25) is 5.02 Å². The van der Waals surface area contributed by atoms with Gasteiger partial charge in [-0.15, -0.1) is 10.2 Å². The van der Waals surface area contributed by atoms with Crippen LogP contribution in [0.3, 0.4) is 0 Å². The standard InChI is InChI=1S/C16H15ClN4O3/c1-9-15(17)10(2)21(20-9)13-6-4-12(5-7-13)16(22)23-8-14-19-18-11(3)24-14/h4-7H,8H2,1-3H3. The molecular formula is C16H15ClN4O3. The van der Waals surface area contributed by atoms with Crippen molar-refractivity contribution in [3.05, 3.63) is 58.0 Å². The van der Waals surface area contributed by atoms with E-state index in [0.717, 1.165) is 17.1 Å². The lowest BCUT2D eigenvalue weighted by molar-refractivity contribution is 0.0437. The van der Waals surface area contributed by atoms with E-state index in [1.165, 1.54) is 0 Å². The molecule has 24 heavy (non-hydrogen) atoms. The number of aryl methyl sites for hydroxylation is 2. The molecule has 0 radical (unpaired) electrons. The van der Waals surface area contributed by atoms with Crippen molar-refractivity contribution in [2.24, 2.45) is 0 Å². The molecule has 0 aliphatic carbocycles. The molecule has 0 N–H and O–H groups in total. The second kappa shape index (κ2) is 6.45. The van der Waals surface area contributed by atoms with Crippen molar-refractivity contribution in [2.45, 2.75) is 27.4 Å². The van der Waals surface area contributed by atoms with Crippen molar-refractivity contribution in [1.29, 1.82) is 0 Å². The fourth-order valence-electron chi connectivity index (χ4n) is 2.22. The highest BCUT2D eigenvalue weighted by Crippen LogP contribution is 2.22. The van der Waals surface area contributed by atoms with Crippen LogP contribution < -0.4 is 0 Å². The first-order valence-electron chi connectivity index (χ1n) is 7.24. The van der Waals surface area contributed by atoms with Crippen LogP contribution in [0.25, 0.3) is 5.69 Å². The van der Waals surface area contributed by atoms with Crippen molar-refractivity contribution >= 4 is 17.6 Å². The Morgan fingerprint density at radius 3 is 2.46 bits per heavy atom. The summed E-state index contributed by atoms with van der Waals surface area (Å²) in [6.07, 6.45) is 0. The Labute approximate surface area is 143 Å². The predicted molar refractivity (Wildman–Crippen MR) is 86.2 cm³/mol. The topological polar surface area (TPSA) is 83.0 Å². The third kappa shape index (κ3) is 3.16. The van der Waals surface area contributed by atoms with Crippen molar-refractivity contribution in [3.8, 4) is 5.69 Å². The second-order valence-electron chi connectivity index (χ2n) is 5.23. The van der Waals surface area contributed by atoms with E-state index < -0.39 is 5.97 Å². The number of carbonyl (C=O) groups is 1. The molecule has 0 unspecified atom stereocenters. The Morgan fingerprint density at radius 1 is 1.21 bits per heavy atom. The zero-order valence-electron chi connectivity index (χ0n) is 13.4. The lowest BCUT2D eigenvalue weighted by Gasteiger charge is -2.06. The zero-order valence-corrected chi connectivity index (χ0v) is 14.2. The first kappa shape index (κ1) is 16.2. The minimum absolute atomic E-state index is 0.0610. The van der Waals surface area contributed by atoms with E-state index in [2.05, 4.69) is 15.3 Å². The van der Waals surface area contributed by atoms with Gasteiger partial charge in [0.25, 0.3) is 5.89 Å². The number of carbonyl (C=O) groups excluding carboxylic acids is 1. The third-order valence-electron chi connectivity index (χ3n) is 3.45. The van der Waals surface area contributed by atoms with Gasteiger partial charge in [-0.1, -0.05) is 11.6 Å². The van der Waals surface area contributed by atoms with Gasteiger partial charge >= 0.3 is 5.97 Å². The smallest absolute Gasteiger partial charge is 0.338 e. The third-order valence-corrected chi connectivity index (χ3v) is 3.99. The summed E-state index contributed by atoms with van der Waals surface area (Å²) in [6, 6.07) is 6.90. The lowest BCUT2D eigenvalue weighted by atomic mass is 10.2. The maximum absolute atomic E-state index is 12.0. The summed E-state index contributed by atoms with van der Waals surface area (Å²) in [5.74, 6) is 0.215. The average molecular weight is 347 g/mol. The SMILES string of the molecule is Cc1nnc(COC(=O)c2ccc(-n3nc(C)c(Cl)c3C)cc2)o1. The Hall–Kier alpha value is -2.67. The summed E-state index contributed by atoms with van der Waals surface area (Å²) in [5.41, 5.74) is 2.83. The van der Waals surface area contributed by atoms with Gasteiger partial charge in [0.05, 0.1) is 27.7 Å². The van der Waals surface area contributed by atoms with Gasteiger partial charge < -0.3 is 9.15 Å². The van der Waals surface area contributed by atoms with Gasteiger partial charge in [-0.25, -0.2) is 9.48 Å². The minimum atomic E-state index is -0.469. The van der Waals surface area contributed by atoms with Gasteiger partial charge in [-0.05, 0) is 38.1 Å². The highest BCUT2D eigenvalue weighted by atomic mass is 35.5. The molecule has 2 aromatic heterocycles. The maximum atomic E-state index is 12.0. The molecule has 7 nitrogen and oxygen atoms in total. The summed E-state index contributed by atoms with van der Waals surface area (Å²) in [5, 5.41) is 12.4. The van der Waals surface area contributed by atoms with Crippen LogP contribution >= 0.6 is 11.6 Å². The number of benzene rings is 1. The summed E-state index contributed by atoms with van der Waals surface area (Å²) in [7, 11) is 0. The van der Waals surface area contributed by atoms with Crippen LogP contribution in [-0.2, 0) is 11.3 Å². The molecular weight excluding hydrogens is 332 g/mol. The summed E-state index contributed by atoms with van der Waals surface area (Å²) in [4.78, 5) is 12.0. The molecule has 0 fully saturated rings. The van der Waals surface area contributed by atoms with Gasteiger partial charge in [0, 0.05) is 6.92 Å². The summed E-state index contributed by atoms with van der Waals surface area (Å²) < 4.78 is 12.0. The van der Waals surface area contributed by atoms with E-state index in [9.17, 15) is 4.79 Å². The average Bonchev–Trinajstić information content (AvgIpc) is 3.11. The van der Waals surface area contributed by atoms with Gasteiger partial charge in [0.1, 0.15) is 0 Å². The predicted octanol–water partition coefficient (Wildman–Crippen LogP) is 3.19. The molecule has 3 rings (SSSR count). The van der Waals surface area contributed by atoms with E-state index in [0.29, 0.717) is 16.5 Å². The van der Waals surface area contributed by atoms with E-state index in [1.54, 1.807) is 35.9 Å². The number of hydrogen-bond donors (Lipinski definition) is 0. The number of ether oxygens (including phenoxy) is 1. The fraction of sp³-hybridized carbons (Fsp3) is 0.250. The van der Waals surface area contributed by atoms with E-state index >= 15 is 0 Å². The molecule has 124 valence electrons. The van der Waals surface area contributed by atoms with Gasteiger partial charge in [-0.2, -0.15) is 5.10 Å². The first-order chi connectivity index (χ1) is 11.5. The number of hydrogen-bond acceptors (Lipinski definition) is 6. The molecule has 0 bridgehead atoms.